The van der Waals surface area contributed by atoms with Gasteiger partial charge in [-0.15, -0.1) is 0 Å². The van der Waals surface area contributed by atoms with Crippen LogP contribution in [0.25, 0.3) is 22.3 Å². The molecule has 0 aromatic heterocycles. The first-order chi connectivity index (χ1) is 25.1. The van der Waals surface area contributed by atoms with E-state index < -0.39 is 83.7 Å². The fraction of sp³-hybridized carbons (Fsp3) is 0.143. The van der Waals surface area contributed by atoms with Gasteiger partial charge in [0.05, 0.1) is 75.1 Å². The van der Waals surface area contributed by atoms with E-state index in [9.17, 15) is 26.3 Å². The summed E-state index contributed by atoms with van der Waals surface area (Å²) in [6.45, 7) is 0. The van der Waals surface area contributed by atoms with Crippen LogP contribution < -0.4 is 22.9 Å². The molecular weight excluding hydrogens is 1140 g/mol. The zero-order valence-corrected chi connectivity index (χ0v) is 39.0. The second kappa shape index (κ2) is 17.9. The van der Waals surface area contributed by atoms with Crippen LogP contribution in [0.15, 0.2) is 0 Å². The maximum Gasteiger partial charge on any atom is 0.220 e. The Hall–Kier alpha value is 0.880. The number of halogens is 24. The fourth-order valence-electron chi connectivity index (χ4n) is 4.71. The number of hydrogen-bond donors (Lipinski definition) is 4. The minimum absolute atomic E-state index is 0.0963. The molecule has 308 valence electrons. The molecule has 4 nitrogen and oxygen atoms in total. The zero-order valence-electron chi connectivity index (χ0n) is 25.4. The first kappa shape index (κ1) is 51.2. The Morgan fingerprint density at radius 2 is 0.500 bits per heavy atom. The third kappa shape index (κ3) is 9.59. The molecule has 0 fully saturated rings. The van der Waals surface area contributed by atoms with Crippen molar-refractivity contribution in [3.63, 3.8) is 0 Å². The van der Waals surface area contributed by atoms with Crippen molar-refractivity contribution in [1.82, 2.24) is 0 Å². The average Bonchev–Trinajstić information content (AvgIpc) is 3.03. The van der Waals surface area contributed by atoms with Crippen LogP contribution in [0.4, 0.5) is 49.1 Å². The minimum atomic E-state index is -2.80. The van der Waals surface area contributed by atoms with E-state index in [1.165, 1.54) is 0 Å². The van der Waals surface area contributed by atoms with Crippen molar-refractivity contribution in [1.29, 1.82) is 0 Å². The van der Waals surface area contributed by atoms with Gasteiger partial charge < -0.3 is 22.9 Å². The van der Waals surface area contributed by atoms with Gasteiger partial charge in [0, 0.05) is 22.3 Å². The number of alkyl halides is 12. The van der Waals surface area contributed by atoms with Gasteiger partial charge in [-0.3, -0.25) is 0 Å². The van der Waals surface area contributed by atoms with Crippen molar-refractivity contribution in [2.24, 2.45) is 0 Å². The average molecular weight is 1150 g/mol. The lowest BCUT2D eigenvalue weighted by atomic mass is 9.94. The largest absolute Gasteiger partial charge is 0.396 e. The van der Waals surface area contributed by atoms with Crippen molar-refractivity contribution in [2.75, 3.05) is 22.9 Å². The highest BCUT2D eigenvalue weighted by Gasteiger charge is 2.43. The Morgan fingerprint density at radius 1 is 0.268 bits per heavy atom. The Kier molecular flexibility index (Phi) is 16.4. The molecule has 4 aromatic rings. The Balaban J connectivity index is 0.000000300. The minimum Gasteiger partial charge on any atom is -0.396 e. The zero-order chi connectivity index (χ0) is 43.9. The lowest BCUT2D eigenvalue weighted by molar-refractivity contribution is 0.482. The summed E-state index contributed by atoms with van der Waals surface area (Å²) in [6, 6.07) is 0. The van der Waals surface area contributed by atoms with Crippen LogP contribution in [0.1, 0.15) is 22.3 Å². The molecule has 0 heterocycles. The first-order valence-corrected chi connectivity index (χ1v) is 20.0. The smallest absolute Gasteiger partial charge is 0.220 e. The molecule has 4 rings (SSSR count). The molecule has 0 amide bonds. The molecule has 0 saturated heterocycles. The standard InChI is InChI=1S/C14H4Cl12N2.C14H4Cl6F6N2/c15-5-1(3(13(21,22)23)7(17)11(27)9(5)19)2-4(14(24,25)26)8(18)12(28)10(20)6(2)16;15-13(16,17)3-5(21)1(7(23)9(25)11(3)27)2-6(22)4(14(18,19)20)12(28)10(26)8(2)24/h2*27-28H2. The molecule has 56 heavy (non-hydrogen) atoms. The number of hydrogen-bond acceptors (Lipinski definition) is 4. The van der Waals surface area contributed by atoms with E-state index in [2.05, 4.69) is 0 Å². The van der Waals surface area contributed by atoms with Crippen molar-refractivity contribution in [2.45, 2.75) is 15.2 Å². The highest BCUT2D eigenvalue weighted by molar-refractivity contribution is 6.70. The highest BCUT2D eigenvalue weighted by atomic mass is 35.6. The van der Waals surface area contributed by atoms with Crippen LogP contribution in [0.3, 0.4) is 0 Å². The molecule has 0 spiro atoms. The maximum atomic E-state index is 14.9. The van der Waals surface area contributed by atoms with Crippen LogP contribution in [0.2, 0.25) is 30.1 Å². The third-order valence-corrected chi connectivity index (χ3v) is 11.8. The molecule has 0 saturated carbocycles. The molecule has 0 aliphatic rings. The predicted octanol–water partition coefficient (Wildman–Crippen LogP) is 17.1. The number of nitrogens with two attached hydrogens (primary N) is 4. The van der Waals surface area contributed by atoms with Gasteiger partial charge in [0.1, 0.15) is 11.6 Å². The summed E-state index contributed by atoms with van der Waals surface area (Å²) in [4.78, 5) is 0. The van der Waals surface area contributed by atoms with E-state index >= 15 is 0 Å². The molecule has 0 bridgehead atoms. The van der Waals surface area contributed by atoms with Gasteiger partial charge >= 0.3 is 0 Å². The van der Waals surface area contributed by atoms with E-state index in [0.29, 0.717) is 0 Å². The molecule has 8 N–H and O–H groups in total. The van der Waals surface area contributed by atoms with E-state index in [4.69, 9.17) is 232 Å². The van der Waals surface area contributed by atoms with Crippen molar-refractivity contribution >= 4 is 232 Å². The summed E-state index contributed by atoms with van der Waals surface area (Å²) >= 11 is 107. The molecular formula is C28H8Cl18F6N4. The second-order valence-electron chi connectivity index (χ2n) is 10.4. The topological polar surface area (TPSA) is 104 Å². The molecule has 0 radical (unpaired) electrons. The first-order valence-electron chi connectivity index (χ1n) is 13.2. The summed E-state index contributed by atoms with van der Waals surface area (Å²) in [5.41, 5.74) is 12.5. The van der Waals surface area contributed by atoms with Gasteiger partial charge in [0.15, 0.2) is 23.3 Å². The Bertz CT molecular complexity index is 2130. The van der Waals surface area contributed by atoms with Crippen molar-refractivity contribution < 1.29 is 26.3 Å². The predicted molar refractivity (Wildman–Crippen MR) is 228 cm³/mol. The van der Waals surface area contributed by atoms with Gasteiger partial charge in [-0.25, -0.2) is 26.3 Å². The van der Waals surface area contributed by atoms with Crippen LogP contribution in [-0.2, 0) is 15.2 Å². The molecule has 0 atom stereocenters. The van der Waals surface area contributed by atoms with E-state index in [1.807, 2.05) is 0 Å². The summed E-state index contributed by atoms with van der Waals surface area (Å²) in [5.74, 6) is -12.5. The second-order valence-corrected chi connectivity index (χ2v) is 21.8. The maximum absolute atomic E-state index is 14.9. The van der Waals surface area contributed by atoms with Crippen molar-refractivity contribution in [3.8, 4) is 22.3 Å². The normalized spacial score (nSPS) is 12.6. The van der Waals surface area contributed by atoms with Crippen molar-refractivity contribution in [3.05, 3.63) is 87.3 Å². The van der Waals surface area contributed by atoms with Crippen LogP contribution in [-0.4, -0.2) is 0 Å². The van der Waals surface area contributed by atoms with E-state index in [1.54, 1.807) is 0 Å². The van der Waals surface area contributed by atoms with Gasteiger partial charge in [-0.05, 0) is 0 Å². The van der Waals surface area contributed by atoms with Crippen LogP contribution >= 0.6 is 209 Å². The number of nitrogen functional groups attached to an aromatic ring is 4. The molecule has 4 aromatic carbocycles. The summed E-state index contributed by atoms with van der Waals surface area (Å²) in [6.07, 6.45) is 0. The highest BCUT2D eigenvalue weighted by Crippen LogP contribution is 2.60. The van der Waals surface area contributed by atoms with Gasteiger partial charge in [-0.2, -0.15) is 0 Å². The number of rotatable bonds is 2. The summed E-state index contributed by atoms with van der Waals surface area (Å²) < 4.78 is 76.9. The lowest BCUT2D eigenvalue weighted by Crippen LogP contribution is -2.17. The van der Waals surface area contributed by atoms with E-state index in [-0.39, 0.29) is 63.8 Å². The van der Waals surface area contributed by atoms with Crippen LogP contribution in [0.5, 0.6) is 0 Å². The number of anilines is 4. The molecule has 0 unspecified atom stereocenters. The molecule has 0 aliphatic heterocycles. The number of benzene rings is 4. The van der Waals surface area contributed by atoms with Gasteiger partial charge in [0.2, 0.25) is 15.2 Å². The SMILES string of the molecule is Nc1c(Cl)c(Cl)c(-c2c(Cl)c(Cl)c(N)c(Cl)c2C(Cl)(Cl)Cl)c(C(Cl)(Cl)Cl)c1Cl.Nc1c(F)c(F)c(-c2c(F)c(F)c(N)c(C(Cl)(Cl)Cl)c2F)c(F)c1C(Cl)(Cl)Cl. The monoisotopic (exact) mass is 1140 g/mol. The van der Waals surface area contributed by atoms with E-state index in [0.717, 1.165) is 0 Å². The molecule has 0 aliphatic carbocycles. The summed E-state index contributed by atoms with van der Waals surface area (Å²) in [7, 11) is 0. The molecule has 28 heteroatoms. The Labute approximate surface area is 401 Å². The summed E-state index contributed by atoms with van der Waals surface area (Å²) in [5, 5.41) is -1.12. The quantitative estimate of drug-likeness (QED) is 0.0695. The lowest BCUT2D eigenvalue weighted by Gasteiger charge is -2.27. The third-order valence-electron chi connectivity index (χ3n) is 7.06. The van der Waals surface area contributed by atoms with Gasteiger partial charge in [0.25, 0.3) is 0 Å². The Morgan fingerprint density at radius 3 is 0.714 bits per heavy atom. The van der Waals surface area contributed by atoms with Gasteiger partial charge in [-0.1, -0.05) is 209 Å². The fourth-order valence-corrected chi connectivity index (χ4v) is 8.96. The van der Waals surface area contributed by atoms with Crippen LogP contribution in [0, 0.1) is 34.9 Å².